The highest BCUT2D eigenvalue weighted by Gasteiger charge is 2.17. The molecule has 0 radical (unpaired) electrons. The molecule has 0 amide bonds. The first-order valence-corrected chi connectivity index (χ1v) is 4.98. The van der Waals surface area contributed by atoms with Crippen LogP contribution in [-0.4, -0.2) is 22.5 Å². The lowest BCUT2D eigenvalue weighted by molar-refractivity contribution is 0.00536. The minimum Gasteiger partial charge on any atom is -0.377 e. The predicted molar refractivity (Wildman–Crippen MR) is 55.8 cm³/mol. The zero-order valence-electron chi connectivity index (χ0n) is 8.47. The van der Waals surface area contributed by atoms with Gasteiger partial charge in [0.15, 0.2) is 0 Å². The van der Waals surface area contributed by atoms with Gasteiger partial charge >= 0.3 is 0 Å². The molecule has 0 saturated carbocycles. The molecular weight excluding hydrogens is 232 g/mol. The van der Waals surface area contributed by atoms with Crippen LogP contribution in [0.15, 0.2) is 10.7 Å². The first-order chi connectivity index (χ1) is 5.94. The van der Waals surface area contributed by atoms with Gasteiger partial charge in [0.25, 0.3) is 0 Å². The normalized spacial score (nSPS) is 12.1. The monoisotopic (exact) mass is 246 g/mol. The summed E-state index contributed by atoms with van der Waals surface area (Å²) >= 11 is 3.42. The number of halogens is 1. The van der Waals surface area contributed by atoms with Gasteiger partial charge in [-0.2, -0.15) is 5.10 Å². The smallest absolute Gasteiger partial charge is 0.0817 e. The molecule has 3 nitrogen and oxygen atoms in total. The van der Waals surface area contributed by atoms with Crippen molar-refractivity contribution in [2.45, 2.75) is 32.9 Å². The summed E-state index contributed by atoms with van der Waals surface area (Å²) in [6.45, 7) is 6.81. The van der Waals surface area contributed by atoms with Crippen LogP contribution in [0.5, 0.6) is 0 Å². The van der Waals surface area contributed by atoms with Gasteiger partial charge in [0.2, 0.25) is 0 Å². The van der Waals surface area contributed by atoms with Gasteiger partial charge in [-0.25, -0.2) is 0 Å². The lowest BCUT2D eigenvalue weighted by atomic mass is 10.1. The SMILES string of the molecule is COC(C)(C)Cn1cc(Br)c(C)n1. The Morgan fingerprint density at radius 3 is 2.62 bits per heavy atom. The standard InChI is InChI=1S/C9H15BrN2O/c1-7-8(10)5-12(11-7)6-9(2,3)13-4/h5H,6H2,1-4H3. The number of aryl methyl sites for hydroxylation is 1. The van der Waals surface area contributed by atoms with Crippen molar-refractivity contribution < 1.29 is 4.74 Å². The number of aromatic nitrogens is 2. The highest BCUT2D eigenvalue weighted by atomic mass is 79.9. The highest BCUT2D eigenvalue weighted by molar-refractivity contribution is 9.10. The molecule has 0 fully saturated rings. The van der Waals surface area contributed by atoms with E-state index in [1.54, 1.807) is 7.11 Å². The van der Waals surface area contributed by atoms with Crippen molar-refractivity contribution in [3.63, 3.8) is 0 Å². The summed E-state index contributed by atoms with van der Waals surface area (Å²) in [5, 5.41) is 4.33. The molecule has 74 valence electrons. The van der Waals surface area contributed by atoms with E-state index in [1.807, 2.05) is 31.6 Å². The minimum atomic E-state index is -0.169. The third-order valence-corrected chi connectivity index (χ3v) is 2.76. The van der Waals surface area contributed by atoms with Crippen molar-refractivity contribution in [3.8, 4) is 0 Å². The molecule has 1 heterocycles. The Hall–Kier alpha value is -0.350. The van der Waals surface area contributed by atoms with E-state index in [1.165, 1.54) is 0 Å². The molecule has 1 rings (SSSR count). The zero-order chi connectivity index (χ0) is 10.1. The second-order valence-corrected chi connectivity index (χ2v) is 4.58. The fraction of sp³-hybridized carbons (Fsp3) is 0.667. The third kappa shape index (κ3) is 2.81. The van der Waals surface area contributed by atoms with E-state index in [0.29, 0.717) is 0 Å². The van der Waals surface area contributed by atoms with Gasteiger partial charge < -0.3 is 4.74 Å². The number of ether oxygens (including phenoxy) is 1. The highest BCUT2D eigenvalue weighted by Crippen LogP contribution is 2.16. The molecule has 0 bridgehead atoms. The van der Waals surface area contributed by atoms with E-state index in [9.17, 15) is 0 Å². The summed E-state index contributed by atoms with van der Waals surface area (Å²) in [6, 6.07) is 0. The molecular formula is C9H15BrN2O. The van der Waals surface area contributed by atoms with Gasteiger partial charge in [-0.15, -0.1) is 0 Å². The molecule has 0 aliphatic carbocycles. The van der Waals surface area contributed by atoms with Crippen LogP contribution in [0.4, 0.5) is 0 Å². The van der Waals surface area contributed by atoms with E-state index < -0.39 is 0 Å². The maximum absolute atomic E-state index is 5.31. The number of hydrogen-bond acceptors (Lipinski definition) is 2. The summed E-state index contributed by atoms with van der Waals surface area (Å²) in [7, 11) is 1.71. The number of hydrogen-bond donors (Lipinski definition) is 0. The molecule has 1 aromatic rings. The average molecular weight is 247 g/mol. The number of nitrogens with zero attached hydrogens (tertiary/aromatic N) is 2. The second-order valence-electron chi connectivity index (χ2n) is 3.72. The maximum atomic E-state index is 5.31. The Morgan fingerprint density at radius 2 is 2.23 bits per heavy atom. The topological polar surface area (TPSA) is 27.1 Å². The Balaban J connectivity index is 2.75. The molecule has 0 spiro atoms. The average Bonchev–Trinajstić information content (AvgIpc) is 2.30. The van der Waals surface area contributed by atoms with E-state index in [2.05, 4.69) is 21.0 Å². The van der Waals surface area contributed by atoms with Gasteiger partial charge in [0.05, 0.1) is 22.3 Å². The van der Waals surface area contributed by atoms with Gasteiger partial charge in [0, 0.05) is 13.3 Å². The molecule has 1 aromatic heterocycles. The second kappa shape index (κ2) is 3.80. The van der Waals surface area contributed by atoms with Crippen LogP contribution in [0, 0.1) is 6.92 Å². The van der Waals surface area contributed by atoms with Crippen LogP contribution in [0.3, 0.4) is 0 Å². The molecule has 13 heavy (non-hydrogen) atoms. The quantitative estimate of drug-likeness (QED) is 0.819. The van der Waals surface area contributed by atoms with Crippen molar-refractivity contribution >= 4 is 15.9 Å². The van der Waals surface area contributed by atoms with Crippen molar-refractivity contribution in [1.82, 2.24) is 9.78 Å². The molecule has 0 atom stereocenters. The summed E-state index contributed by atoms with van der Waals surface area (Å²) in [5.74, 6) is 0. The summed E-state index contributed by atoms with van der Waals surface area (Å²) < 4.78 is 8.25. The fourth-order valence-corrected chi connectivity index (χ4v) is 1.34. The molecule has 0 saturated heterocycles. The predicted octanol–water partition coefficient (Wildman–Crippen LogP) is 2.38. The molecule has 0 aromatic carbocycles. The Morgan fingerprint density at radius 1 is 1.62 bits per heavy atom. The van der Waals surface area contributed by atoms with Crippen LogP contribution in [0.2, 0.25) is 0 Å². The van der Waals surface area contributed by atoms with Crippen molar-refractivity contribution in [2.24, 2.45) is 0 Å². The molecule has 0 unspecified atom stereocenters. The first kappa shape index (κ1) is 10.7. The largest absolute Gasteiger partial charge is 0.377 e. The van der Waals surface area contributed by atoms with Crippen LogP contribution in [0.1, 0.15) is 19.5 Å². The third-order valence-electron chi connectivity index (χ3n) is 1.98. The van der Waals surface area contributed by atoms with Crippen LogP contribution >= 0.6 is 15.9 Å². The molecule has 0 N–H and O–H groups in total. The lowest BCUT2D eigenvalue weighted by Crippen LogP contribution is -2.29. The van der Waals surface area contributed by atoms with Crippen LogP contribution in [-0.2, 0) is 11.3 Å². The van der Waals surface area contributed by atoms with E-state index in [0.717, 1.165) is 16.7 Å². The van der Waals surface area contributed by atoms with E-state index >= 15 is 0 Å². The van der Waals surface area contributed by atoms with Crippen molar-refractivity contribution in [2.75, 3.05) is 7.11 Å². The van der Waals surface area contributed by atoms with Gasteiger partial charge in [0.1, 0.15) is 0 Å². The number of rotatable bonds is 3. The molecule has 0 aliphatic rings. The summed E-state index contributed by atoms with van der Waals surface area (Å²) in [6.07, 6.45) is 1.97. The van der Waals surface area contributed by atoms with Crippen molar-refractivity contribution in [3.05, 3.63) is 16.4 Å². The minimum absolute atomic E-state index is 0.169. The van der Waals surface area contributed by atoms with Gasteiger partial charge in [-0.05, 0) is 36.7 Å². The Labute approximate surface area is 87.2 Å². The maximum Gasteiger partial charge on any atom is 0.0817 e. The summed E-state index contributed by atoms with van der Waals surface area (Å²) in [5.41, 5.74) is 0.838. The molecule has 4 heteroatoms. The van der Waals surface area contributed by atoms with Crippen LogP contribution in [0.25, 0.3) is 0 Å². The van der Waals surface area contributed by atoms with Gasteiger partial charge in [-0.3, -0.25) is 4.68 Å². The molecule has 0 aliphatic heterocycles. The van der Waals surface area contributed by atoms with E-state index in [-0.39, 0.29) is 5.60 Å². The zero-order valence-corrected chi connectivity index (χ0v) is 10.1. The van der Waals surface area contributed by atoms with Gasteiger partial charge in [-0.1, -0.05) is 0 Å². The Kier molecular flexibility index (Phi) is 3.14. The van der Waals surface area contributed by atoms with Crippen molar-refractivity contribution in [1.29, 1.82) is 0 Å². The Bertz CT molecular complexity index is 274. The van der Waals surface area contributed by atoms with E-state index in [4.69, 9.17) is 4.74 Å². The lowest BCUT2D eigenvalue weighted by Gasteiger charge is -2.22. The van der Waals surface area contributed by atoms with Crippen LogP contribution < -0.4 is 0 Å². The summed E-state index contributed by atoms with van der Waals surface area (Å²) in [4.78, 5) is 0. The first-order valence-electron chi connectivity index (χ1n) is 4.19. The fourth-order valence-electron chi connectivity index (χ4n) is 1.03. The number of methoxy groups -OCH3 is 1.